The summed E-state index contributed by atoms with van der Waals surface area (Å²) >= 11 is 1.31. The van der Waals surface area contributed by atoms with Crippen LogP contribution in [0, 0.1) is 5.92 Å². The Morgan fingerprint density at radius 3 is 2.86 bits per heavy atom. The van der Waals surface area contributed by atoms with Crippen LogP contribution in [0.15, 0.2) is 29.6 Å². The Labute approximate surface area is 166 Å². The number of thiophene rings is 1. The quantitative estimate of drug-likeness (QED) is 0.797. The number of nitrogens with one attached hydrogen (secondary N) is 1. The molecule has 2 amide bonds. The third-order valence-electron chi connectivity index (χ3n) is 4.45. The van der Waals surface area contributed by atoms with Crippen LogP contribution < -0.4 is 14.8 Å². The van der Waals surface area contributed by atoms with Crippen LogP contribution in [0.3, 0.4) is 0 Å². The van der Waals surface area contributed by atoms with Crippen LogP contribution in [0.1, 0.15) is 27.7 Å². The van der Waals surface area contributed by atoms with Crippen molar-refractivity contribution < 1.29 is 28.6 Å². The molecule has 0 saturated heterocycles. The number of methoxy groups -OCH3 is 1. The van der Waals surface area contributed by atoms with Crippen LogP contribution >= 0.6 is 11.3 Å². The predicted octanol–water partition coefficient (Wildman–Crippen LogP) is 3.01. The number of carbonyl (C=O) groups is 3. The van der Waals surface area contributed by atoms with Crippen molar-refractivity contribution in [3.8, 4) is 11.5 Å². The molecule has 0 saturated carbocycles. The van der Waals surface area contributed by atoms with Gasteiger partial charge in [-0.05, 0) is 36.4 Å². The van der Waals surface area contributed by atoms with Crippen LogP contribution in [0.2, 0.25) is 0 Å². The van der Waals surface area contributed by atoms with Gasteiger partial charge in [0.15, 0.2) is 0 Å². The zero-order valence-electron chi connectivity index (χ0n) is 15.7. The Hall–Kier alpha value is -2.87. The summed E-state index contributed by atoms with van der Waals surface area (Å²) in [4.78, 5) is 37.1. The first kappa shape index (κ1) is 19.9. The fourth-order valence-electron chi connectivity index (χ4n) is 3.00. The number of benzene rings is 1. The van der Waals surface area contributed by atoms with Crippen molar-refractivity contribution in [3.05, 3.63) is 45.6 Å². The van der Waals surface area contributed by atoms with Crippen molar-refractivity contribution in [2.45, 2.75) is 19.8 Å². The van der Waals surface area contributed by atoms with Crippen LogP contribution in [-0.2, 0) is 22.4 Å². The van der Waals surface area contributed by atoms with Crippen LogP contribution in [0.25, 0.3) is 0 Å². The van der Waals surface area contributed by atoms with Gasteiger partial charge in [0.05, 0.1) is 31.8 Å². The third-order valence-corrected chi connectivity index (χ3v) is 5.37. The molecule has 1 aliphatic rings. The molecule has 2 heterocycles. The second kappa shape index (κ2) is 8.88. The highest BCUT2D eigenvalue weighted by Gasteiger charge is 2.28. The normalized spacial score (nSPS) is 15.1. The molecule has 1 aliphatic heterocycles. The largest absolute Gasteiger partial charge is 0.497 e. The third kappa shape index (κ3) is 4.51. The first-order chi connectivity index (χ1) is 13.5. The Morgan fingerprint density at radius 2 is 2.11 bits per heavy atom. The Kier molecular flexibility index (Phi) is 6.30. The molecular weight excluding hydrogens is 382 g/mol. The molecule has 0 fully saturated rings. The van der Waals surface area contributed by atoms with E-state index >= 15 is 0 Å². The minimum Gasteiger partial charge on any atom is -0.497 e. The molecule has 2 aromatic rings. The van der Waals surface area contributed by atoms with E-state index in [9.17, 15) is 14.4 Å². The molecule has 1 aromatic carbocycles. The second-order valence-electron chi connectivity index (χ2n) is 6.26. The highest BCUT2D eigenvalue weighted by molar-refractivity contribution is 7.10. The number of ether oxygens (including phenoxy) is 3. The van der Waals surface area contributed by atoms with Gasteiger partial charge in [0.2, 0.25) is 0 Å². The SMILES string of the molecule is CCOC(=O)NC(=O)c1ccsc1CC(=O)C1COc2cc(OC)ccc2C1. The van der Waals surface area contributed by atoms with Gasteiger partial charge >= 0.3 is 6.09 Å². The number of rotatable bonds is 6. The summed E-state index contributed by atoms with van der Waals surface area (Å²) in [6.45, 7) is 2.11. The van der Waals surface area contributed by atoms with Crippen molar-refractivity contribution in [2.24, 2.45) is 5.92 Å². The van der Waals surface area contributed by atoms with E-state index in [1.54, 1.807) is 25.5 Å². The van der Waals surface area contributed by atoms with E-state index in [-0.39, 0.29) is 31.3 Å². The smallest absolute Gasteiger partial charge is 0.414 e. The Morgan fingerprint density at radius 1 is 1.29 bits per heavy atom. The van der Waals surface area contributed by atoms with Gasteiger partial charge in [-0.2, -0.15) is 0 Å². The van der Waals surface area contributed by atoms with Gasteiger partial charge < -0.3 is 14.2 Å². The summed E-state index contributed by atoms with van der Waals surface area (Å²) in [6, 6.07) is 7.15. The lowest BCUT2D eigenvalue weighted by molar-refractivity contribution is -0.123. The number of alkyl carbamates (subject to hydrolysis) is 1. The van der Waals surface area contributed by atoms with E-state index in [4.69, 9.17) is 14.2 Å². The van der Waals surface area contributed by atoms with Crippen LogP contribution in [-0.4, -0.2) is 38.1 Å². The molecule has 0 spiro atoms. The molecule has 1 atom stereocenters. The van der Waals surface area contributed by atoms with Crippen molar-refractivity contribution in [2.75, 3.05) is 20.3 Å². The topological polar surface area (TPSA) is 90.9 Å². The first-order valence-corrected chi connectivity index (χ1v) is 9.76. The van der Waals surface area contributed by atoms with Crippen molar-refractivity contribution >= 4 is 29.1 Å². The molecule has 28 heavy (non-hydrogen) atoms. The molecule has 3 rings (SSSR count). The van der Waals surface area contributed by atoms with E-state index in [0.717, 1.165) is 11.3 Å². The lowest BCUT2D eigenvalue weighted by atomic mass is 9.91. The fraction of sp³-hybridized carbons (Fsp3) is 0.350. The van der Waals surface area contributed by atoms with Gasteiger partial charge in [-0.3, -0.25) is 14.9 Å². The van der Waals surface area contributed by atoms with E-state index in [2.05, 4.69) is 5.32 Å². The second-order valence-corrected chi connectivity index (χ2v) is 7.26. The molecular formula is C20H21NO6S. The van der Waals surface area contributed by atoms with Crippen LogP contribution in [0.4, 0.5) is 4.79 Å². The molecule has 0 bridgehead atoms. The average molecular weight is 403 g/mol. The first-order valence-electron chi connectivity index (χ1n) is 8.88. The maximum atomic E-state index is 12.8. The monoisotopic (exact) mass is 403 g/mol. The van der Waals surface area contributed by atoms with Gasteiger partial charge in [0.1, 0.15) is 17.3 Å². The minimum atomic E-state index is -0.802. The van der Waals surface area contributed by atoms with Crippen molar-refractivity contribution in [1.82, 2.24) is 5.32 Å². The standard InChI is InChI=1S/C20H21NO6S/c1-3-26-20(24)21-19(23)15-6-7-28-18(15)10-16(22)13-8-12-4-5-14(25-2)9-17(12)27-11-13/h4-7,9,13H,3,8,10-11H2,1-2H3,(H,21,23,24). The van der Waals surface area contributed by atoms with E-state index in [1.807, 2.05) is 18.2 Å². The molecule has 1 unspecified atom stereocenters. The number of amides is 2. The summed E-state index contributed by atoms with van der Waals surface area (Å²) in [5.41, 5.74) is 1.27. The van der Waals surface area contributed by atoms with Gasteiger partial charge in [-0.15, -0.1) is 11.3 Å². The van der Waals surface area contributed by atoms with Crippen molar-refractivity contribution in [1.29, 1.82) is 0 Å². The summed E-state index contributed by atoms with van der Waals surface area (Å²) in [6.07, 6.45) is -0.111. The number of hydrogen-bond donors (Lipinski definition) is 1. The highest BCUT2D eigenvalue weighted by Crippen LogP contribution is 2.32. The molecule has 1 aromatic heterocycles. The van der Waals surface area contributed by atoms with E-state index in [1.165, 1.54) is 11.3 Å². The van der Waals surface area contributed by atoms with E-state index in [0.29, 0.717) is 22.6 Å². The summed E-state index contributed by atoms with van der Waals surface area (Å²) in [5.74, 6) is 0.575. The molecule has 8 heteroatoms. The minimum absolute atomic E-state index is 0.00546. The van der Waals surface area contributed by atoms with Crippen molar-refractivity contribution in [3.63, 3.8) is 0 Å². The number of ketones is 1. The van der Waals surface area contributed by atoms with Gasteiger partial charge in [-0.1, -0.05) is 6.07 Å². The summed E-state index contributed by atoms with van der Waals surface area (Å²) in [5, 5.41) is 3.88. The number of hydrogen-bond acceptors (Lipinski definition) is 7. The highest BCUT2D eigenvalue weighted by atomic mass is 32.1. The Balaban J connectivity index is 1.65. The number of Topliss-reactive ketones (excluding diaryl/α,β-unsaturated/α-hetero) is 1. The van der Waals surface area contributed by atoms with Crippen LogP contribution in [0.5, 0.6) is 11.5 Å². The maximum absolute atomic E-state index is 12.8. The Bertz CT molecular complexity index is 891. The lowest BCUT2D eigenvalue weighted by Crippen LogP contribution is -2.32. The summed E-state index contributed by atoms with van der Waals surface area (Å²) < 4.78 is 15.6. The molecule has 148 valence electrons. The molecule has 1 N–H and O–H groups in total. The number of imide groups is 1. The molecule has 7 nitrogen and oxygen atoms in total. The number of fused-ring (bicyclic) bond motifs is 1. The summed E-state index contributed by atoms with van der Waals surface area (Å²) in [7, 11) is 1.59. The van der Waals surface area contributed by atoms with Gasteiger partial charge in [0.25, 0.3) is 5.91 Å². The fourth-order valence-corrected chi connectivity index (χ4v) is 3.88. The maximum Gasteiger partial charge on any atom is 0.414 e. The van der Waals surface area contributed by atoms with Gasteiger partial charge in [-0.25, -0.2) is 4.79 Å². The molecule has 0 aliphatic carbocycles. The zero-order chi connectivity index (χ0) is 20.1. The average Bonchev–Trinajstić information content (AvgIpc) is 3.15. The van der Waals surface area contributed by atoms with Gasteiger partial charge in [0, 0.05) is 17.4 Å². The molecule has 0 radical (unpaired) electrons. The lowest BCUT2D eigenvalue weighted by Gasteiger charge is -2.24. The van der Waals surface area contributed by atoms with E-state index < -0.39 is 12.0 Å². The predicted molar refractivity (Wildman–Crippen MR) is 103 cm³/mol. The zero-order valence-corrected chi connectivity index (χ0v) is 16.5. The number of carbonyl (C=O) groups excluding carboxylic acids is 3.